The Bertz CT molecular complexity index is 143. The molecule has 0 radical (unpaired) electrons. The topological polar surface area (TPSA) is 21.3 Å². The Morgan fingerprint density at radius 3 is 2.80 bits per heavy atom. The largest absolute Gasteiger partial charge is 0.380 e. The first-order valence-electron chi connectivity index (χ1n) is 6.68. The lowest BCUT2D eigenvalue weighted by molar-refractivity contribution is 0.189. The van der Waals surface area contributed by atoms with Gasteiger partial charge in [-0.15, -0.1) is 0 Å². The van der Waals surface area contributed by atoms with Crippen LogP contribution in [0.4, 0.5) is 0 Å². The van der Waals surface area contributed by atoms with Crippen LogP contribution in [0.5, 0.6) is 0 Å². The molecule has 0 aromatic heterocycles. The normalized spacial score (nSPS) is 23.2. The minimum Gasteiger partial charge on any atom is -0.380 e. The van der Waals surface area contributed by atoms with Crippen molar-refractivity contribution in [1.82, 2.24) is 5.32 Å². The van der Waals surface area contributed by atoms with Crippen LogP contribution < -0.4 is 5.32 Å². The van der Waals surface area contributed by atoms with Gasteiger partial charge in [-0.3, -0.25) is 0 Å². The zero-order chi connectivity index (χ0) is 10.9. The van der Waals surface area contributed by atoms with Gasteiger partial charge in [0, 0.05) is 12.6 Å². The van der Waals surface area contributed by atoms with Gasteiger partial charge in [-0.2, -0.15) is 0 Å². The highest BCUT2D eigenvalue weighted by Gasteiger charge is 2.14. The van der Waals surface area contributed by atoms with E-state index in [1.54, 1.807) is 0 Å². The molecular weight excluding hydrogens is 186 g/mol. The lowest BCUT2D eigenvalue weighted by Gasteiger charge is -2.16. The lowest BCUT2D eigenvalue weighted by Crippen LogP contribution is -2.30. The number of hydrogen-bond acceptors (Lipinski definition) is 2. The monoisotopic (exact) mass is 213 g/mol. The predicted molar refractivity (Wildman–Crippen MR) is 65.1 cm³/mol. The van der Waals surface area contributed by atoms with Gasteiger partial charge in [0.2, 0.25) is 0 Å². The molecule has 90 valence electrons. The summed E-state index contributed by atoms with van der Waals surface area (Å²) in [5.41, 5.74) is 0. The molecule has 1 aliphatic heterocycles. The van der Waals surface area contributed by atoms with E-state index in [9.17, 15) is 0 Å². The van der Waals surface area contributed by atoms with Crippen molar-refractivity contribution in [2.45, 2.75) is 58.4 Å². The van der Waals surface area contributed by atoms with Gasteiger partial charge in [0.25, 0.3) is 0 Å². The van der Waals surface area contributed by atoms with Crippen LogP contribution in [-0.4, -0.2) is 25.8 Å². The third-order valence-corrected chi connectivity index (χ3v) is 3.46. The maximum Gasteiger partial charge on any atom is 0.0620 e. The second-order valence-corrected chi connectivity index (χ2v) is 4.72. The minimum absolute atomic E-state index is 0.633. The predicted octanol–water partition coefficient (Wildman–Crippen LogP) is 2.97. The maximum atomic E-state index is 5.34. The van der Waals surface area contributed by atoms with Gasteiger partial charge in [0.15, 0.2) is 0 Å². The van der Waals surface area contributed by atoms with Crippen molar-refractivity contribution in [3.63, 3.8) is 0 Å². The molecule has 0 spiro atoms. The van der Waals surface area contributed by atoms with E-state index in [2.05, 4.69) is 19.2 Å². The van der Waals surface area contributed by atoms with Crippen LogP contribution in [0, 0.1) is 5.92 Å². The fourth-order valence-electron chi connectivity index (χ4n) is 2.23. The Hall–Kier alpha value is -0.0800. The smallest absolute Gasteiger partial charge is 0.0620 e. The highest BCUT2D eigenvalue weighted by molar-refractivity contribution is 4.71. The van der Waals surface area contributed by atoms with E-state index in [1.807, 2.05) is 0 Å². The molecule has 0 bridgehead atoms. The summed E-state index contributed by atoms with van der Waals surface area (Å²) in [6.45, 7) is 7.65. The molecule has 1 aliphatic rings. The summed E-state index contributed by atoms with van der Waals surface area (Å²) in [4.78, 5) is 0. The highest BCUT2D eigenvalue weighted by atomic mass is 16.5. The van der Waals surface area contributed by atoms with Crippen LogP contribution in [0.3, 0.4) is 0 Å². The number of nitrogens with one attached hydrogen (secondary N) is 1. The molecule has 0 aliphatic carbocycles. The van der Waals surface area contributed by atoms with E-state index in [1.165, 1.54) is 45.1 Å². The quantitative estimate of drug-likeness (QED) is 0.669. The molecule has 1 rings (SSSR count). The fraction of sp³-hybridized carbons (Fsp3) is 1.00. The maximum absolute atomic E-state index is 5.34. The van der Waals surface area contributed by atoms with Crippen molar-refractivity contribution in [2.24, 2.45) is 5.92 Å². The summed E-state index contributed by atoms with van der Waals surface area (Å²) >= 11 is 0. The Kier molecular flexibility index (Phi) is 7.03. The number of rotatable bonds is 8. The second-order valence-electron chi connectivity index (χ2n) is 4.72. The first-order chi connectivity index (χ1) is 7.36. The first-order valence-corrected chi connectivity index (χ1v) is 6.68. The molecule has 1 saturated heterocycles. The van der Waals surface area contributed by atoms with Gasteiger partial charge in [0.1, 0.15) is 0 Å². The van der Waals surface area contributed by atoms with Gasteiger partial charge < -0.3 is 10.1 Å². The molecule has 1 fully saturated rings. The summed E-state index contributed by atoms with van der Waals surface area (Å²) in [5.74, 6) is 0.930. The third kappa shape index (κ3) is 5.53. The molecule has 2 nitrogen and oxygen atoms in total. The van der Waals surface area contributed by atoms with Crippen molar-refractivity contribution >= 4 is 0 Å². The molecule has 2 atom stereocenters. The fourth-order valence-corrected chi connectivity index (χ4v) is 2.23. The second kappa shape index (κ2) is 8.12. The molecule has 2 heteroatoms. The van der Waals surface area contributed by atoms with Crippen molar-refractivity contribution in [2.75, 3.05) is 19.8 Å². The van der Waals surface area contributed by atoms with Crippen molar-refractivity contribution in [3.05, 3.63) is 0 Å². The van der Waals surface area contributed by atoms with Crippen LogP contribution in [0.1, 0.15) is 52.4 Å². The van der Waals surface area contributed by atoms with Gasteiger partial charge >= 0.3 is 0 Å². The van der Waals surface area contributed by atoms with Crippen LogP contribution in [0.15, 0.2) is 0 Å². The van der Waals surface area contributed by atoms with E-state index in [0.29, 0.717) is 6.04 Å². The first kappa shape index (κ1) is 13.0. The summed E-state index contributed by atoms with van der Waals surface area (Å²) < 4.78 is 5.34. The molecule has 0 saturated carbocycles. The van der Waals surface area contributed by atoms with Crippen LogP contribution in [0.2, 0.25) is 0 Å². The molecule has 0 aromatic carbocycles. The Morgan fingerprint density at radius 2 is 2.20 bits per heavy atom. The van der Waals surface area contributed by atoms with Gasteiger partial charge in [-0.1, -0.05) is 39.5 Å². The molecular formula is C13H27NO. The number of hydrogen-bond donors (Lipinski definition) is 1. The third-order valence-electron chi connectivity index (χ3n) is 3.46. The van der Waals surface area contributed by atoms with E-state index in [-0.39, 0.29) is 0 Å². The molecule has 1 heterocycles. The lowest BCUT2D eigenvalue weighted by atomic mass is 9.96. The zero-order valence-electron chi connectivity index (χ0n) is 10.4. The summed E-state index contributed by atoms with van der Waals surface area (Å²) in [5, 5.41) is 3.60. The van der Waals surface area contributed by atoms with Crippen LogP contribution in [0.25, 0.3) is 0 Å². The average molecular weight is 213 g/mol. The Balaban J connectivity index is 2.00. The SMILES string of the molecule is CCCCC(CC)CCNC1CCOC1. The highest BCUT2D eigenvalue weighted by Crippen LogP contribution is 2.16. The Labute approximate surface area is 94.8 Å². The van der Waals surface area contributed by atoms with E-state index >= 15 is 0 Å². The summed E-state index contributed by atoms with van der Waals surface area (Å²) in [7, 11) is 0. The summed E-state index contributed by atoms with van der Waals surface area (Å²) in [6.07, 6.45) is 8.02. The van der Waals surface area contributed by atoms with E-state index < -0.39 is 0 Å². The number of ether oxygens (including phenoxy) is 1. The molecule has 0 aromatic rings. The minimum atomic E-state index is 0.633. The Morgan fingerprint density at radius 1 is 1.33 bits per heavy atom. The van der Waals surface area contributed by atoms with Crippen molar-refractivity contribution in [3.8, 4) is 0 Å². The number of unbranched alkanes of at least 4 members (excludes halogenated alkanes) is 1. The average Bonchev–Trinajstić information content (AvgIpc) is 2.76. The van der Waals surface area contributed by atoms with Crippen LogP contribution in [-0.2, 0) is 4.74 Å². The van der Waals surface area contributed by atoms with E-state index in [4.69, 9.17) is 4.74 Å². The van der Waals surface area contributed by atoms with E-state index in [0.717, 1.165) is 19.1 Å². The summed E-state index contributed by atoms with van der Waals surface area (Å²) in [6, 6.07) is 0.633. The molecule has 0 amide bonds. The van der Waals surface area contributed by atoms with Gasteiger partial charge in [-0.05, 0) is 25.3 Å². The molecule has 2 unspecified atom stereocenters. The van der Waals surface area contributed by atoms with Gasteiger partial charge in [-0.25, -0.2) is 0 Å². The van der Waals surface area contributed by atoms with Crippen LogP contribution >= 0.6 is 0 Å². The zero-order valence-corrected chi connectivity index (χ0v) is 10.4. The van der Waals surface area contributed by atoms with Crippen molar-refractivity contribution < 1.29 is 4.74 Å². The standard InChI is InChI=1S/C13H27NO/c1-3-5-6-12(4-2)7-9-14-13-8-10-15-11-13/h12-14H,3-11H2,1-2H3. The van der Waals surface area contributed by atoms with Gasteiger partial charge in [0.05, 0.1) is 6.61 Å². The molecule has 1 N–H and O–H groups in total. The molecule has 15 heavy (non-hydrogen) atoms. The van der Waals surface area contributed by atoms with Crippen molar-refractivity contribution in [1.29, 1.82) is 0 Å².